The zero-order chi connectivity index (χ0) is 23.5. The first kappa shape index (κ1) is 23.1. The summed E-state index contributed by atoms with van der Waals surface area (Å²) in [4.78, 5) is 28.1. The van der Waals surface area contributed by atoms with Crippen molar-refractivity contribution in [1.29, 1.82) is 0 Å². The smallest absolute Gasteiger partial charge is 0.293 e. The Bertz CT molecular complexity index is 1310. The van der Waals surface area contributed by atoms with Gasteiger partial charge in [-0.3, -0.25) is 19.9 Å². The molecule has 0 spiro atoms. The Hall–Kier alpha value is -3.53. The van der Waals surface area contributed by atoms with E-state index in [1.165, 1.54) is 12.1 Å². The number of hydrogen-bond acceptors (Lipinski definition) is 7. The molecule has 0 saturated carbocycles. The lowest BCUT2D eigenvalue weighted by Gasteiger charge is -2.14. The van der Waals surface area contributed by atoms with Crippen LogP contribution >= 0.6 is 0 Å². The summed E-state index contributed by atoms with van der Waals surface area (Å²) in [6.07, 6.45) is 1.69. The molecule has 0 unspecified atom stereocenters. The van der Waals surface area contributed by atoms with Gasteiger partial charge in [-0.25, -0.2) is 8.42 Å². The number of nitrogens with one attached hydrogen (secondary N) is 2. The Balaban J connectivity index is 1.74. The number of nitro benzene ring substituents is 1. The fourth-order valence-corrected chi connectivity index (χ4v) is 4.14. The van der Waals surface area contributed by atoms with E-state index in [0.29, 0.717) is 12.0 Å². The van der Waals surface area contributed by atoms with Crippen LogP contribution in [0.25, 0.3) is 10.9 Å². The number of nitrogens with zero attached hydrogens (tertiary/aromatic N) is 2. The number of carbonyl (C=O) groups is 1. The third-order valence-corrected chi connectivity index (χ3v) is 6.23. The van der Waals surface area contributed by atoms with E-state index in [1.54, 1.807) is 0 Å². The first-order valence-corrected chi connectivity index (χ1v) is 11.9. The van der Waals surface area contributed by atoms with Crippen LogP contribution in [0.3, 0.4) is 0 Å². The molecule has 1 aromatic heterocycles. The molecule has 3 aromatic rings. The number of aromatic nitrogens is 1. The molecular formula is C22H24N4O5S. The predicted molar refractivity (Wildman–Crippen MR) is 123 cm³/mol. The van der Waals surface area contributed by atoms with Gasteiger partial charge in [0.2, 0.25) is 0 Å². The van der Waals surface area contributed by atoms with Crippen molar-refractivity contribution in [2.45, 2.75) is 25.2 Å². The maximum Gasteiger partial charge on any atom is 0.293 e. The van der Waals surface area contributed by atoms with Gasteiger partial charge in [-0.2, -0.15) is 0 Å². The van der Waals surface area contributed by atoms with Gasteiger partial charge in [0.15, 0.2) is 9.84 Å². The van der Waals surface area contributed by atoms with Gasteiger partial charge in [0, 0.05) is 36.5 Å². The first-order valence-electron chi connectivity index (χ1n) is 10.0. The molecule has 3 rings (SSSR count). The molecule has 0 aliphatic carbocycles. The number of benzene rings is 2. The van der Waals surface area contributed by atoms with Crippen molar-refractivity contribution in [2.75, 3.05) is 24.7 Å². The summed E-state index contributed by atoms with van der Waals surface area (Å²) in [6, 6.07) is 11.1. The van der Waals surface area contributed by atoms with Crippen LogP contribution in [-0.2, 0) is 16.3 Å². The van der Waals surface area contributed by atoms with E-state index in [-0.39, 0.29) is 35.3 Å². The average Bonchev–Trinajstić information content (AvgIpc) is 2.75. The molecule has 0 saturated heterocycles. The maximum absolute atomic E-state index is 12.9. The van der Waals surface area contributed by atoms with Gasteiger partial charge >= 0.3 is 0 Å². The van der Waals surface area contributed by atoms with E-state index in [2.05, 4.69) is 15.6 Å². The third-order valence-electron chi connectivity index (χ3n) is 5.12. The highest BCUT2D eigenvalue weighted by Crippen LogP contribution is 2.27. The molecular weight excluding hydrogens is 432 g/mol. The Morgan fingerprint density at radius 2 is 1.88 bits per heavy atom. The van der Waals surface area contributed by atoms with Crippen LogP contribution in [-0.4, -0.2) is 43.6 Å². The molecule has 2 N–H and O–H groups in total. The number of hydrogen-bond donors (Lipinski definition) is 2. The number of carbonyl (C=O) groups excluding carboxylic acids is 1. The summed E-state index contributed by atoms with van der Waals surface area (Å²) in [5.41, 5.74) is 2.83. The first-order chi connectivity index (χ1) is 15.1. The van der Waals surface area contributed by atoms with Gasteiger partial charge in [-0.15, -0.1) is 0 Å². The van der Waals surface area contributed by atoms with Crippen molar-refractivity contribution in [3.05, 3.63) is 69.4 Å². The second-order valence-electron chi connectivity index (χ2n) is 7.32. The molecule has 10 heteroatoms. The lowest BCUT2D eigenvalue weighted by Crippen LogP contribution is -2.30. The lowest BCUT2D eigenvalue weighted by molar-refractivity contribution is -0.384. The largest absolute Gasteiger partial charge is 0.378 e. The Morgan fingerprint density at radius 1 is 1.16 bits per heavy atom. The Morgan fingerprint density at radius 3 is 2.53 bits per heavy atom. The second kappa shape index (κ2) is 9.31. The SMILES string of the molecule is CCc1nc2ccccc2c(C(=O)NCCNc2ccc(S(C)(=O)=O)cc2[N+](=O)[O-])c1C. The number of nitro groups is 1. The van der Waals surface area contributed by atoms with Gasteiger partial charge < -0.3 is 10.6 Å². The van der Waals surface area contributed by atoms with Gasteiger partial charge in [-0.05, 0) is 37.1 Å². The second-order valence-corrected chi connectivity index (χ2v) is 9.34. The number of sulfone groups is 1. The van der Waals surface area contributed by atoms with Gasteiger partial charge in [0.05, 0.1) is 20.9 Å². The summed E-state index contributed by atoms with van der Waals surface area (Å²) in [5, 5.41) is 17.8. The van der Waals surface area contributed by atoms with E-state index in [9.17, 15) is 23.3 Å². The minimum Gasteiger partial charge on any atom is -0.378 e. The molecule has 0 aliphatic rings. The summed E-state index contributed by atoms with van der Waals surface area (Å²) in [7, 11) is -3.56. The van der Waals surface area contributed by atoms with E-state index in [1.807, 2.05) is 38.1 Å². The van der Waals surface area contributed by atoms with Crippen LogP contribution in [0.15, 0.2) is 47.4 Å². The molecule has 0 aliphatic heterocycles. The lowest BCUT2D eigenvalue weighted by atomic mass is 9.99. The Labute approximate surface area is 185 Å². The molecule has 1 heterocycles. The standard InChI is InChI=1S/C22H24N4O5S/c1-4-17-14(2)21(16-7-5-6-8-18(16)25-17)22(27)24-12-11-23-19-10-9-15(32(3,30)31)13-20(19)26(28)29/h5-10,13,23H,4,11-12H2,1-3H3,(H,24,27). The van der Waals surface area contributed by atoms with E-state index >= 15 is 0 Å². The van der Waals surface area contributed by atoms with Crippen molar-refractivity contribution in [2.24, 2.45) is 0 Å². The number of anilines is 1. The summed E-state index contributed by atoms with van der Waals surface area (Å²) in [6.45, 7) is 4.28. The van der Waals surface area contributed by atoms with Crippen LogP contribution in [0.4, 0.5) is 11.4 Å². The van der Waals surface area contributed by atoms with Crippen LogP contribution in [0, 0.1) is 17.0 Å². The molecule has 168 valence electrons. The van der Waals surface area contributed by atoms with Crippen molar-refractivity contribution in [3.63, 3.8) is 0 Å². The summed E-state index contributed by atoms with van der Waals surface area (Å²) in [5.74, 6) is -0.250. The molecule has 0 fully saturated rings. The number of para-hydroxylation sites is 1. The topological polar surface area (TPSA) is 131 Å². The van der Waals surface area contributed by atoms with Crippen LogP contribution < -0.4 is 10.6 Å². The van der Waals surface area contributed by atoms with Crippen molar-refractivity contribution >= 4 is 38.0 Å². The number of amides is 1. The molecule has 1 amide bonds. The van der Waals surface area contributed by atoms with Crippen molar-refractivity contribution in [1.82, 2.24) is 10.3 Å². The molecule has 0 bridgehead atoms. The van der Waals surface area contributed by atoms with E-state index in [0.717, 1.165) is 34.5 Å². The zero-order valence-electron chi connectivity index (χ0n) is 18.0. The molecule has 2 aromatic carbocycles. The highest BCUT2D eigenvalue weighted by atomic mass is 32.2. The third kappa shape index (κ3) is 4.86. The van der Waals surface area contributed by atoms with Crippen molar-refractivity contribution in [3.8, 4) is 0 Å². The maximum atomic E-state index is 12.9. The molecule has 32 heavy (non-hydrogen) atoms. The monoisotopic (exact) mass is 456 g/mol. The normalized spacial score (nSPS) is 11.3. The van der Waals surface area contributed by atoms with Crippen molar-refractivity contribution < 1.29 is 18.1 Å². The highest BCUT2D eigenvalue weighted by molar-refractivity contribution is 7.90. The molecule has 9 nitrogen and oxygen atoms in total. The van der Waals surface area contributed by atoms with E-state index < -0.39 is 14.8 Å². The zero-order valence-corrected chi connectivity index (χ0v) is 18.8. The highest BCUT2D eigenvalue weighted by Gasteiger charge is 2.19. The number of aryl methyl sites for hydroxylation is 1. The minimum atomic E-state index is -3.56. The number of fused-ring (bicyclic) bond motifs is 1. The molecule has 0 radical (unpaired) electrons. The van der Waals surface area contributed by atoms with Crippen LogP contribution in [0.2, 0.25) is 0 Å². The fraction of sp³-hybridized carbons (Fsp3) is 0.273. The minimum absolute atomic E-state index is 0.130. The Kier molecular flexibility index (Phi) is 6.73. The van der Waals surface area contributed by atoms with Crippen LogP contribution in [0.1, 0.15) is 28.5 Å². The number of pyridine rings is 1. The fourth-order valence-electron chi connectivity index (χ4n) is 3.50. The predicted octanol–water partition coefficient (Wildman–Crippen LogP) is 3.26. The van der Waals surface area contributed by atoms with E-state index in [4.69, 9.17) is 0 Å². The molecule has 0 atom stereocenters. The average molecular weight is 457 g/mol. The quantitative estimate of drug-likeness (QED) is 0.302. The van der Waals surface area contributed by atoms with Crippen LogP contribution in [0.5, 0.6) is 0 Å². The van der Waals surface area contributed by atoms with Gasteiger partial charge in [0.1, 0.15) is 5.69 Å². The van der Waals surface area contributed by atoms with Gasteiger partial charge in [0.25, 0.3) is 11.6 Å². The number of rotatable bonds is 8. The summed E-state index contributed by atoms with van der Waals surface area (Å²) >= 11 is 0. The summed E-state index contributed by atoms with van der Waals surface area (Å²) < 4.78 is 23.3. The van der Waals surface area contributed by atoms with Gasteiger partial charge in [-0.1, -0.05) is 25.1 Å².